The predicted octanol–water partition coefficient (Wildman–Crippen LogP) is 0.398. The van der Waals surface area contributed by atoms with Gasteiger partial charge in [-0.2, -0.15) is 0 Å². The Hall–Kier alpha value is -2.81. The van der Waals surface area contributed by atoms with Crippen LogP contribution in [0, 0.1) is 12.3 Å². The number of benzene rings is 1. The molecule has 2 unspecified atom stereocenters. The minimum atomic E-state index is -1.22. The summed E-state index contributed by atoms with van der Waals surface area (Å²) >= 11 is 0. The van der Waals surface area contributed by atoms with E-state index in [9.17, 15) is 14.4 Å². The molecule has 1 aromatic carbocycles. The largest absolute Gasteiger partial charge is 0.480 e. The first-order chi connectivity index (χ1) is 9.95. The second-order valence-electron chi connectivity index (χ2n) is 4.37. The Morgan fingerprint density at radius 3 is 2.38 bits per heavy atom. The highest BCUT2D eigenvalue weighted by Gasteiger charge is 2.23. The average Bonchev–Trinajstić information content (AvgIpc) is 2.47. The van der Waals surface area contributed by atoms with Gasteiger partial charge in [-0.05, 0) is 19.1 Å². The van der Waals surface area contributed by atoms with Crippen molar-refractivity contribution in [3.63, 3.8) is 0 Å². The monoisotopic (exact) mass is 288 g/mol. The summed E-state index contributed by atoms with van der Waals surface area (Å²) in [7, 11) is 0. The zero-order chi connectivity index (χ0) is 15.8. The maximum Gasteiger partial charge on any atom is 0.327 e. The lowest BCUT2D eigenvalue weighted by Crippen LogP contribution is -2.50. The molecule has 1 aromatic rings. The second-order valence-corrected chi connectivity index (χ2v) is 4.37. The fourth-order valence-corrected chi connectivity index (χ4v) is 1.55. The number of hydrogen-bond acceptors (Lipinski definition) is 3. The smallest absolute Gasteiger partial charge is 0.327 e. The molecule has 0 fully saturated rings. The summed E-state index contributed by atoms with van der Waals surface area (Å²) in [4.78, 5) is 34.6. The molecule has 0 heterocycles. The maximum absolute atomic E-state index is 11.9. The van der Waals surface area contributed by atoms with E-state index < -0.39 is 29.9 Å². The van der Waals surface area contributed by atoms with E-state index in [0.29, 0.717) is 5.56 Å². The third kappa shape index (κ3) is 4.99. The fraction of sp³-hybridized carbons (Fsp3) is 0.267. The Labute approximate surface area is 122 Å². The van der Waals surface area contributed by atoms with Crippen LogP contribution in [0.1, 0.15) is 23.7 Å². The van der Waals surface area contributed by atoms with Gasteiger partial charge in [-0.3, -0.25) is 9.59 Å². The molecule has 0 aliphatic rings. The number of carbonyl (C=O) groups excluding carboxylic acids is 2. The van der Waals surface area contributed by atoms with Gasteiger partial charge in [0.15, 0.2) is 0 Å². The van der Waals surface area contributed by atoms with Crippen molar-refractivity contribution in [2.24, 2.45) is 0 Å². The number of amides is 2. The Balaban J connectivity index is 2.61. The molecule has 0 saturated heterocycles. The minimum absolute atomic E-state index is 0.125. The van der Waals surface area contributed by atoms with Crippen molar-refractivity contribution in [1.29, 1.82) is 0 Å². The molecule has 0 saturated carbocycles. The number of nitrogens with one attached hydrogen (secondary N) is 2. The van der Waals surface area contributed by atoms with E-state index in [1.807, 2.05) is 0 Å². The summed E-state index contributed by atoms with van der Waals surface area (Å²) in [6.45, 7) is 1.46. The molecule has 0 spiro atoms. The topological polar surface area (TPSA) is 95.5 Å². The van der Waals surface area contributed by atoms with Gasteiger partial charge in [0.2, 0.25) is 5.91 Å². The van der Waals surface area contributed by atoms with Gasteiger partial charge in [0.05, 0.1) is 0 Å². The summed E-state index contributed by atoms with van der Waals surface area (Å²) in [5, 5.41) is 13.7. The van der Waals surface area contributed by atoms with Crippen molar-refractivity contribution >= 4 is 17.8 Å². The zero-order valence-electron chi connectivity index (χ0n) is 11.5. The molecular weight excluding hydrogens is 272 g/mol. The van der Waals surface area contributed by atoms with Crippen LogP contribution in [0.15, 0.2) is 30.3 Å². The quantitative estimate of drug-likeness (QED) is 0.660. The number of terminal acetylenes is 1. The highest BCUT2D eigenvalue weighted by atomic mass is 16.4. The minimum Gasteiger partial charge on any atom is -0.480 e. The Kier molecular flexibility index (Phi) is 5.96. The Morgan fingerprint density at radius 1 is 1.24 bits per heavy atom. The van der Waals surface area contributed by atoms with E-state index in [1.165, 1.54) is 6.92 Å². The first-order valence-corrected chi connectivity index (χ1v) is 6.28. The molecule has 0 radical (unpaired) electrons. The van der Waals surface area contributed by atoms with Crippen molar-refractivity contribution in [2.75, 3.05) is 0 Å². The molecule has 6 nitrogen and oxygen atoms in total. The summed E-state index contributed by atoms with van der Waals surface area (Å²) in [5.41, 5.74) is 0.413. The zero-order valence-corrected chi connectivity index (χ0v) is 11.5. The Morgan fingerprint density at radius 2 is 1.86 bits per heavy atom. The Bertz CT molecular complexity index is 563. The van der Waals surface area contributed by atoms with Crippen LogP contribution in [0.4, 0.5) is 0 Å². The molecule has 110 valence electrons. The summed E-state index contributed by atoms with van der Waals surface area (Å²) < 4.78 is 0. The van der Waals surface area contributed by atoms with Crippen molar-refractivity contribution in [3.05, 3.63) is 35.9 Å². The van der Waals surface area contributed by atoms with E-state index in [0.717, 1.165) is 0 Å². The van der Waals surface area contributed by atoms with Gasteiger partial charge in [-0.1, -0.05) is 18.2 Å². The molecule has 1 rings (SSSR count). The fourth-order valence-electron chi connectivity index (χ4n) is 1.55. The van der Waals surface area contributed by atoms with Crippen LogP contribution in [0.25, 0.3) is 0 Å². The lowest BCUT2D eigenvalue weighted by molar-refractivity contribution is -0.141. The number of aliphatic carboxylic acids is 1. The van der Waals surface area contributed by atoms with Gasteiger partial charge in [-0.15, -0.1) is 12.3 Å². The van der Waals surface area contributed by atoms with Crippen molar-refractivity contribution < 1.29 is 19.5 Å². The lowest BCUT2D eigenvalue weighted by Gasteiger charge is -2.17. The third-order valence-electron chi connectivity index (χ3n) is 2.71. The summed E-state index contributed by atoms with van der Waals surface area (Å²) in [6, 6.07) is 6.34. The van der Waals surface area contributed by atoms with E-state index in [2.05, 4.69) is 16.6 Å². The molecular formula is C15H16N2O4. The molecule has 0 bridgehead atoms. The van der Waals surface area contributed by atoms with Gasteiger partial charge in [0.25, 0.3) is 5.91 Å². The number of rotatable bonds is 6. The van der Waals surface area contributed by atoms with E-state index in [1.54, 1.807) is 30.3 Å². The van der Waals surface area contributed by atoms with Crippen LogP contribution >= 0.6 is 0 Å². The highest BCUT2D eigenvalue weighted by molar-refractivity contribution is 5.97. The third-order valence-corrected chi connectivity index (χ3v) is 2.71. The standard InChI is InChI=1S/C15H16N2O4/c1-3-7-12(15(20)21)17-13(18)10(2)16-14(19)11-8-5-4-6-9-11/h1,4-6,8-10,12H,7H2,2H3,(H,16,19)(H,17,18)(H,20,21). The maximum atomic E-state index is 11.9. The molecule has 0 aliphatic heterocycles. The van der Waals surface area contributed by atoms with Crippen LogP contribution in [-0.2, 0) is 9.59 Å². The van der Waals surface area contributed by atoms with E-state index in [-0.39, 0.29) is 6.42 Å². The molecule has 3 N–H and O–H groups in total. The second kappa shape index (κ2) is 7.70. The molecule has 2 amide bonds. The first kappa shape index (κ1) is 16.2. The van der Waals surface area contributed by atoms with E-state index >= 15 is 0 Å². The molecule has 0 aliphatic carbocycles. The van der Waals surface area contributed by atoms with Crippen molar-refractivity contribution in [3.8, 4) is 12.3 Å². The predicted molar refractivity (Wildman–Crippen MR) is 76.4 cm³/mol. The summed E-state index contributed by atoms with van der Waals surface area (Å²) in [6.07, 6.45) is 4.92. The van der Waals surface area contributed by atoms with Crippen LogP contribution < -0.4 is 10.6 Å². The van der Waals surface area contributed by atoms with Gasteiger partial charge in [-0.25, -0.2) is 4.79 Å². The van der Waals surface area contributed by atoms with Crippen LogP contribution in [0.2, 0.25) is 0 Å². The number of carboxylic acid groups (broad SMARTS) is 1. The van der Waals surface area contributed by atoms with Crippen molar-refractivity contribution in [1.82, 2.24) is 10.6 Å². The normalized spacial score (nSPS) is 12.6. The van der Waals surface area contributed by atoms with Crippen LogP contribution in [0.3, 0.4) is 0 Å². The number of hydrogen-bond donors (Lipinski definition) is 3. The average molecular weight is 288 g/mol. The van der Waals surface area contributed by atoms with Gasteiger partial charge in [0, 0.05) is 12.0 Å². The van der Waals surface area contributed by atoms with Crippen molar-refractivity contribution in [2.45, 2.75) is 25.4 Å². The summed E-state index contributed by atoms with van der Waals surface area (Å²) in [5.74, 6) is -0.0665. The number of carboxylic acids is 1. The lowest BCUT2D eigenvalue weighted by atomic mass is 10.1. The first-order valence-electron chi connectivity index (χ1n) is 6.28. The molecule has 2 atom stereocenters. The molecule has 21 heavy (non-hydrogen) atoms. The van der Waals surface area contributed by atoms with Gasteiger partial charge in [0.1, 0.15) is 12.1 Å². The number of carbonyl (C=O) groups is 3. The van der Waals surface area contributed by atoms with Crippen LogP contribution in [-0.4, -0.2) is 35.0 Å². The van der Waals surface area contributed by atoms with Gasteiger partial charge < -0.3 is 15.7 Å². The SMILES string of the molecule is C#CCC(NC(=O)C(C)NC(=O)c1ccccc1)C(=O)O. The van der Waals surface area contributed by atoms with Gasteiger partial charge >= 0.3 is 5.97 Å². The molecule has 6 heteroatoms. The molecule has 0 aromatic heterocycles. The van der Waals surface area contributed by atoms with Crippen LogP contribution in [0.5, 0.6) is 0 Å². The van der Waals surface area contributed by atoms with E-state index in [4.69, 9.17) is 11.5 Å². The highest BCUT2D eigenvalue weighted by Crippen LogP contribution is 1.99.